The number of rotatable bonds is 3. The van der Waals surface area contributed by atoms with E-state index in [1.165, 1.54) is 6.92 Å². The van der Waals surface area contributed by atoms with Crippen LogP contribution in [0.25, 0.3) is 0 Å². The number of nitro benzene ring substituents is 1. The summed E-state index contributed by atoms with van der Waals surface area (Å²) in [5, 5.41) is 10.4. The van der Waals surface area contributed by atoms with Crippen LogP contribution in [-0.4, -0.2) is 27.7 Å². The van der Waals surface area contributed by atoms with Crippen molar-refractivity contribution in [2.45, 2.75) is 18.6 Å². The molecule has 2 rings (SSSR count). The molecule has 1 saturated heterocycles. The predicted molar refractivity (Wildman–Crippen MR) is 77.1 cm³/mol. The van der Waals surface area contributed by atoms with Gasteiger partial charge in [0.1, 0.15) is 11.5 Å². The highest BCUT2D eigenvalue weighted by Crippen LogP contribution is 2.40. The summed E-state index contributed by atoms with van der Waals surface area (Å²) in [5.74, 6) is -1.23. The van der Waals surface area contributed by atoms with Crippen molar-refractivity contribution in [2.24, 2.45) is 0 Å². The van der Waals surface area contributed by atoms with Crippen LogP contribution in [0.15, 0.2) is 12.1 Å². The van der Waals surface area contributed by atoms with E-state index in [0.717, 1.165) is 28.8 Å². The van der Waals surface area contributed by atoms with Crippen LogP contribution in [0.4, 0.5) is 15.8 Å². The van der Waals surface area contributed by atoms with E-state index < -0.39 is 16.4 Å². The quantitative estimate of drug-likeness (QED) is 0.628. The molecule has 0 bridgehead atoms. The van der Waals surface area contributed by atoms with Crippen molar-refractivity contribution < 1.29 is 18.9 Å². The Labute approximate surface area is 128 Å². The van der Waals surface area contributed by atoms with Crippen LogP contribution in [0.1, 0.15) is 13.3 Å². The lowest BCUT2D eigenvalue weighted by molar-refractivity contribution is -0.384. The Hall–Kier alpha value is -1.67. The highest BCUT2D eigenvalue weighted by atomic mass is 35.5. The van der Waals surface area contributed by atoms with Gasteiger partial charge in [0.15, 0.2) is 5.12 Å². The van der Waals surface area contributed by atoms with Crippen LogP contribution in [0, 0.1) is 15.9 Å². The maximum atomic E-state index is 13.3. The van der Waals surface area contributed by atoms with Crippen LogP contribution in [0.2, 0.25) is 5.02 Å². The standard InChI is InChI=1S/C12H10ClFN2O4S/c1-6(17)21-8-4-11(18)15(5-8)12-9(13)2-7(14)3-10(12)16(19)20/h2-3,8H,4-5H2,1H3. The van der Waals surface area contributed by atoms with Crippen LogP contribution in [-0.2, 0) is 9.59 Å². The van der Waals surface area contributed by atoms with E-state index >= 15 is 0 Å². The predicted octanol–water partition coefficient (Wildman–Crippen LogP) is 2.77. The fourth-order valence-corrected chi connectivity index (χ4v) is 3.39. The van der Waals surface area contributed by atoms with Gasteiger partial charge in [-0.25, -0.2) is 4.39 Å². The molecule has 1 fully saturated rings. The third-order valence-corrected chi connectivity index (χ3v) is 4.17. The first kappa shape index (κ1) is 15.7. The lowest BCUT2D eigenvalue weighted by Crippen LogP contribution is -2.26. The summed E-state index contributed by atoms with van der Waals surface area (Å²) in [4.78, 5) is 34.5. The number of hydrogen-bond donors (Lipinski definition) is 0. The SMILES string of the molecule is CC(=O)SC1CC(=O)N(c2c(Cl)cc(F)cc2[N+](=O)[O-])C1. The second-order valence-electron chi connectivity index (χ2n) is 4.45. The Balaban J connectivity index is 2.40. The van der Waals surface area contributed by atoms with E-state index in [9.17, 15) is 24.1 Å². The van der Waals surface area contributed by atoms with E-state index in [-0.39, 0.29) is 39.9 Å². The molecule has 21 heavy (non-hydrogen) atoms. The molecule has 0 saturated carbocycles. The largest absolute Gasteiger partial charge is 0.304 e. The third-order valence-electron chi connectivity index (χ3n) is 2.90. The number of carbonyl (C=O) groups is 2. The van der Waals surface area contributed by atoms with Gasteiger partial charge in [-0.2, -0.15) is 0 Å². The molecule has 1 aliphatic rings. The van der Waals surface area contributed by atoms with E-state index in [1.807, 2.05) is 0 Å². The van der Waals surface area contributed by atoms with Crippen LogP contribution >= 0.6 is 23.4 Å². The van der Waals surface area contributed by atoms with E-state index in [2.05, 4.69) is 0 Å². The molecular formula is C12H10ClFN2O4S. The molecule has 0 radical (unpaired) electrons. The summed E-state index contributed by atoms with van der Waals surface area (Å²) in [6, 6.07) is 1.64. The molecule has 0 N–H and O–H groups in total. The topological polar surface area (TPSA) is 80.5 Å². The summed E-state index contributed by atoms with van der Waals surface area (Å²) in [6.07, 6.45) is 0.0785. The zero-order chi connectivity index (χ0) is 15.7. The Morgan fingerprint density at radius 1 is 1.57 bits per heavy atom. The summed E-state index contributed by atoms with van der Waals surface area (Å²) >= 11 is 6.86. The average Bonchev–Trinajstić information content (AvgIpc) is 2.67. The van der Waals surface area contributed by atoms with Crippen molar-refractivity contribution in [2.75, 3.05) is 11.4 Å². The molecule has 1 heterocycles. The zero-order valence-corrected chi connectivity index (χ0v) is 12.4. The normalized spacial score (nSPS) is 18.1. The summed E-state index contributed by atoms with van der Waals surface area (Å²) in [5.41, 5.74) is -0.693. The van der Waals surface area contributed by atoms with Crippen molar-refractivity contribution in [1.29, 1.82) is 0 Å². The molecule has 0 aromatic heterocycles. The number of nitrogens with zero attached hydrogens (tertiary/aromatic N) is 2. The maximum Gasteiger partial charge on any atom is 0.297 e. The number of nitro groups is 1. The minimum Gasteiger partial charge on any atom is -0.304 e. The van der Waals surface area contributed by atoms with Crippen molar-refractivity contribution in [1.82, 2.24) is 0 Å². The minimum atomic E-state index is -0.850. The van der Waals surface area contributed by atoms with Gasteiger partial charge in [-0.05, 0) is 6.07 Å². The molecule has 1 aromatic rings. The molecule has 1 amide bonds. The molecule has 0 spiro atoms. The van der Waals surface area contributed by atoms with Gasteiger partial charge in [0, 0.05) is 25.1 Å². The number of amides is 1. The van der Waals surface area contributed by atoms with Gasteiger partial charge in [-0.15, -0.1) is 0 Å². The summed E-state index contributed by atoms with van der Waals surface area (Å²) in [7, 11) is 0. The smallest absolute Gasteiger partial charge is 0.297 e. The number of carbonyl (C=O) groups excluding carboxylic acids is 2. The van der Waals surface area contributed by atoms with Crippen molar-refractivity contribution in [3.8, 4) is 0 Å². The van der Waals surface area contributed by atoms with Crippen LogP contribution in [0.5, 0.6) is 0 Å². The third kappa shape index (κ3) is 3.33. The molecule has 112 valence electrons. The highest BCUT2D eigenvalue weighted by Gasteiger charge is 2.37. The Morgan fingerprint density at radius 2 is 2.24 bits per heavy atom. The molecule has 9 heteroatoms. The summed E-state index contributed by atoms with van der Waals surface area (Å²) < 4.78 is 13.3. The van der Waals surface area contributed by atoms with Gasteiger partial charge >= 0.3 is 0 Å². The first-order chi connectivity index (χ1) is 9.79. The Morgan fingerprint density at radius 3 is 2.81 bits per heavy atom. The highest BCUT2D eigenvalue weighted by molar-refractivity contribution is 8.14. The second kappa shape index (κ2) is 5.98. The fraction of sp³-hybridized carbons (Fsp3) is 0.333. The van der Waals surface area contributed by atoms with Crippen LogP contribution < -0.4 is 4.90 Å². The number of thioether (sulfide) groups is 1. The molecule has 6 nitrogen and oxygen atoms in total. The molecule has 0 aliphatic carbocycles. The van der Waals surface area contributed by atoms with Crippen molar-refractivity contribution in [3.05, 3.63) is 33.1 Å². The van der Waals surface area contributed by atoms with Gasteiger partial charge in [0.05, 0.1) is 16.0 Å². The monoisotopic (exact) mass is 332 g/mol. The van der Waals surface area contributed by atoms with Gasteiger partial charge in [0.25, 0.3) is 5.69 Å². The first-order valence-corrected chi connectivity index (χ1v) is 7.16. The lowest BCUT2D eigenvalue weighted by Gasteiger charge is -2.17. The van der Waals surface area contributed by atoms with E-state index in [4.69, 9.17) is 11.6 Å². The number of anilines is 1. The van der Waals surface area contributed by atoms with Gasteiger partial charge < -0.3 is 4.90 Å². The molecular weight excluding hydrogens is 323 g/mol. The molecule has 1 aliphatic heterocycles. The van der Waals surface area contributed by atoms with Gasteiger partial charge in [0.2, 0.25) is 5.91 Å². The van der Waals surface area contributed by atoms with Crippen molar-refractivity contribution in [3.63, 3.8) is 0 Å². The van der Waals surface area contributed by atoms with E-state index in [0.29, 0.717) is 0 Å². The minimum absolute atomic E-state index is 0.0785. The Bertz CT molecular complexity index is 640. The van der Waals surface area contributed by atoms with E-state index in [1.54, 1.807) is 0 Å². The molecule has 1 unspecified atom stereocenters. The van der Waals surface area contributed by atoms with Gasteiger partial charge in [-0.3, -0.25) is 19.7 Å². The Kier molecular flexibility index (Phi) is 4.48. The van der Waals surface area contributed by atoms with Crippen molar-refractivity contribution >= 4 is 45.8 Å². The van der Waals surface area contributed by atoms with Crippen LogP contribution in [0.3, 0.4) is 0 Å². The summed E-state index contributed by atoms with van der Waals surface area (Å²) in [6.45, 7) is 1.50. The molecule has 1 aromatic carbocycles. The second-order valence-corrected chi connectivity index (χ2v) is 6.34. The first-order valence-electron chi connectivity index (χ1n) is 5.90. The maximum absolute atomic E-state index is 13.3. The number of benzene rings is 1. The number of halogens is 2. The number of hydrogen-bond acceptors (Lipinski definition) is 5. The molecule has 1 atom stereocenters. The zero-order valence-electron chi connectivity index (χ0n) is 10.8. The lowest BCUT2D eigenvalue weighted by atomic mass is 10.2. The average molecular weight is 333 g/mol. The fourth-order valence-electron chi connectivity index (χ4n) is 2.16. The van der Waals surface area contributed by atoms with Gasteiger partial charge in [-0.1, -0.05) is 23.4 Å².